The van der Waals surface area contributed by atoms with Gasteiger partial charge in [0.05, 0.1) is 16.9 Å². The number of fused-ring (bicyclic) bond motifs is 1. The number of esters is 1. The molecule has 3 rings (SSSR count). The Kier molecular flexibility index (Phi) is 9.97. The van der Waals surface area contributed by atoms with Crippen LogP contribution in [0.2, 0.25) is 0 Å². The average molecular weight is 484 g/mol. The van der Waals surface area contributed by atoms with Gasteiger partial charge in [0, 0.05) is 41.2 Å². The number of hydrogen-bond donors (Lipinski definition) is 1. The first-order valence-corrected chi connectivity index (χ1v) is 12.8. The third-order valence-corrected chi connectivity index (χ3v) is 7.23. The number of hydrogen-bond acceptors (Lipinski definition) is 6. The van der Waals surface area contributed by atoms with Crippen LogP contribution in [0.3, 0.4) is 0 Å². The van der Waals surface area contributed by atoms with Crippen LogP contribution in [0.5, 0.6) is 0 Å². The van der Waals surface area contributed by atoms with E-state index in [0.29, 0.717) is 30.0 Å². The summed E-state index contributed by atoms with van der Waals surface area (Å²) < 4.78 is 12.0. The van der Waals surface area contributed by atoms with Gasteiger partial charge in [0.1, 0.15) is 0 Å². The summed E-state index contributed by atoms with van der Waals surface area (Å²) in [4.78, 5) is 11.4. The summed E-state index contributed by atoms with van der Waals surface area (Å²) in [7, 11) is 0. The Balaban J connectivity index is 1.48. The Morgan fingerprint density at radius 3 is 2.76 bits per heavy atom. The monoisotopic (exact) mass is 483 g/mol. The van der Waals surface area contributed by atoms with E-state index < -0.39 is 0 Å². The van der Waals surface area contributed by atoms with Crippen molar-refractivity contribution in [2.45, 2.75) is 44.5 Å². The predicted molar refractivity (Wildman–Crippen MR) is 142 cm³/mol. The molecule has 0 spiro atoms. The molecule has 176 valence electrons. The SMILES string of the molecule is C=C(C)C(=O)OCCCCC(CNC1=CC2SC(=S)C(c3ccccc3)=CC2C=C1)OCC. The van der Waals surface area contributed by atoms with E-state index in [1.54, 1.807) is 18.7 Å². The molecule has 0 amide bonds. The van der Waals surface area contributed by atoms with Crippen LogP contribution in [0.25, 0.3) is 5.57 Å². The second-order valence-corrected chi connectivity index (χ2v) is 10.1. The van der Waals surface area contributed by atoms with E-state index in [1.807, 2.05) is 13.0 Å². The number of allylic oxidation sites excluding steroid dienone is 3. The maximum absolute atomic E-state index is 11.4. The van der Waals surface area contributed by atoms with Gasteiger partial charge in [-0.1, -0.05) is 61.3 Å². The smallest absolute Gasteiger partial charge is 0.333 e. The molecule has 3 atom stereocenters. The number of carbonyl (C=O) groups excluding carboxylic acids is 1. The number of nitrogens with one attached hydrogen (secondary N) is 1. The molecular weight excluding hydrogens is 450 g/mol. The van der Waals surface area contributed by atoms with Gasteiger partial charge in [-0.3, -0.25) is 0 Å². The highest BCUT2D eigenvalue weighted by atomic mass is 32.2. The van der Waals surface area contributed by atoms with Crippen LogP contribution in [0.4, 0.5) is 0 Å². The van der Waals surface area contributed by atoms with Gasteiger partial charge >= 0.3 is 5.97 Å². The summed E-state index contributed by atoms with van der Waals surface area (Å²) in [6, 6.07) is 10.4. The van der Waals surface area contributed by atoms with E-state index in [2.05, 4.69) is 60.5 Å². The number of thiocarbonyl (C=S) groups is 1. The van der Waals surface area contributed by atoms with E-state index in [9.17, 15) is 4.79 Å². The highest BCUT2D eigenvalue weighted by Gasteiger charge is 2.28. The first-order chi connectivity index (χ1) is 16.0. The Bertz CT molecular complexity index is 936. The van der Waals surface area contributed by atoms with E-state index in [-0.39, 0.29) is 12.1 Å². The highest BCUT2D eigenvalue weighted by Crippen LogP contribution is 2.39. The molecule has 6 heteroatoms. The zero-order chi connectivity index (χ0) is 23.6. The first-order valence-electron chi connectivity index (χ1n) is 11.5. The standard InChI is InChI=1S/C27H33NO3S2/c1-4-30-23(12-8-9-15-31-26(29)19(2)3)18-28-22-14-13-21-16-24(20-10-6-5-7-11-20)27(32)33-25(21)17-22/h5-7,10-11,13-14,16-17,21,23,25,28H,2,4,8-9,12,15,18H2,1,3H3. The van der Waals surface area contributed by atoms with Gasteiger partial charge in [-0.05, 0) is 50.8 Å². The second kappa shape index (κ2) is 12.9. The number of rotatable bonds is 12. The lowest BCUT2D eigenvalue weighted by Crippen LogP contribution is -2.31. The van der Waals surface area contributed by atoms with Gasteiger partial charge < -0.3 is 14.8 Å². The van der Waals surface area contributed by atoms with Crippen LogP contribution in [0, 0.1) is 5.92 Å². The summed E-state index contributed by atoms with van der Waals surface area (Å²) in [5, 5.41) is 3.86. The van der Waals surface area contributed by atoms with E-state index >= 15 is 0 Å². The van der Waals surface area contributed by atoms with Crippen molar-refractivity contribution in [2.75, 3.05) is 19.8 Å². The van der Waals surface area contributed by atoms with Gasteiger partial charge in [-0.2, -0.15) is 0 Å². The van der Waals surface area contributed by atoms with E-state index in [4.69, 9.17) is 21.7 Å². The summed E-state index contributed by atoms with van der Waals surface area (Å²) in [5.41, 5.74) is 3.90. The zero-order valence-electron chi connectivity index (χ0n) is 19.4. The molecule has 1 aromatic rings. The topological polar surface area (TPSA) is 47.6 Å². The molecule has 3 unspecified atom stereocenters. The molecule has 1 aliphatic heterocycles. The van der Waals surface area contributed by atoms with Crippen LogP contribution in [0.1, 0.15) is 38.7 Å². The van der Waals surface area contributed by atoms with Gasteiger partial charge in [-0.25, -0.2) is 4.79 Å². The van der Waals surface area contributed by atoms with Crippen LogP contribution < -0.4 is 5.32 Å². The van der Waals surface area contributed by atoms with E-state index in [1.165, 1.54) is 5.56 Å². The highest BCUT2D eigenvalue weighted by molar-refractivity contribution is 8.25. The molecule has 33 heavy (non-hydrogen) atoms. The minimum Gasteiger partial charge on any atom is -0.462 e. The maximum atomic E-state index is 11.4. The predicted octanol–water partition coefficient (Wildman–Crippen LogP) is 5.87. The molecule has 1 N–H and O–H groups in total. The molecule has 0 saturated heterocycles. The molecule has 1 aromatic carbocycles. The third kappa shape index (κ3) is 7.70. The molecule has 0 bridgehead atoms. The van der Waals surface area contributed by atoms with Crippen LogP contribution in [-0.4, -0.2) is 41.3 Å². The molecule has 0 fully saturated rings. The fourth-order valence-electron chi connectivity index (χ4n) is 3.80. The van der Waals surface area contributed by atoms with Crippen LogP contribution in [-0.2, 0) is 14.3 Å². The summed E-state index contributed by atoms with van der Waals surface area (Å²) >= 11 is 7.48. The molecule has 0 radical (unpaired) electrons. The van der Waals surface area contributed by atoms with Crippen molar-refractivity contribution in [1.82, 2.24) is 5.32 Å². The van der Waals surface area contributed by atoms with Gasteiger partial charge in [0.15, 0.2) is 0 Å². The number of ether oxygens (including phenoxy) is 2. The minimum absolute atomic E-state index is 0.114. The lowest BCUT2D eigenvalue weighted by atomic mass is 9.93. The largest absolute Gasteiger partial charge is 0.462 e. The van der Waals surface area contributed by atoms with Crippen LogP contribution >= 0.6 is 24.0 Å². The van der Waals surface area contributed by atoms with Crippen molar-refractivity contribution in [3.63, 3.8) is 0 Å². The first kappa shape index (κ1) is 25.5. The molecular formula is C27H33NO3S2. The van der Waals surface area contributed by atoms with Gasteiger partial charge in [0.2, 0.25) is 0 Å². The molecule has 1 heterocycles. The Hall–Kier alpha value is -2.15. The maximum Gasteiger partial charge on any atom is 0.333 e. The summed E-state index contributed by atoms with van der Waals surface area (Å²) in [5.74, 6) is 0.0187. The molecule has 4 nitrogen and oxygen atoms in total. The second-order valence-electron chi connectivity index (χ2n) is 8.25. The number of thioether (sulfide) groups is 1. The van der Waals surface area contributed by atoms with Crippen molar-refractivity contribution < 1.29 is 14.3 Å². The fourth-order valence-corrected chi connectivity index (χ4v) is 5.42. The minimum atomic E-state index is -0.321. The summed E-state index contributed by atoms with van der Waals surface area (Å²) in [6.07, 6.45) is 11.8. The quantitative estimate of drug-likeness (QED) is 0.174. The molecule has 2 aliphatic rings. The lowest BCUT2D eigenvalue weighted by molar-refractivity contribution is -0.139. The van der Waals surface area contributed by atoms with Crippen molar-refractivity contribution in [1.29, 1.82) is 0 Å². The summed E-state index contributed by atoms with van der Waals surface area (Å²) in [6.45, 7) is 9.11. The van der Waals surface area contributed by atoms with Crippen LogP contribution in [0.15, 0.2) is 72.5 Å². The van der Waals surface area contributed by atoms with Gasteiger partial charge in [-0.15, -0.1) is 11.8 Å². The zero-order valence-corrected chi connectivity index (χ0v) is 21.1. The van der Waals surface area contributed by atoms with Crippen molar-refractivity contribution in [3.8, 4) is 0 Å². The van der Waals surface area contributed by atoms with Crippen molar-refractivity contribution >= 4 is 39.7 Å². The number of benzene rings is 1. The molecule has 1 aliphatic carbocycles. The van der Waals surface area contributed by atoms with E-state index in [0.717, 1.165) is 41.3 Å². The fraction of sp³-hybridized carbons (Fsp3) is 0.407. The number of unbranched alkanes of at least 4 members (excludes halogenated alkanes) is 1. The molecule has 0 aromatic heterocycles. The lowest BCUT2D eigenvalue weighted by Gasteiger charge is -2.30. The Morgan fingerprint density at radius 1 is 1.24 bits per heavy atom. The molecule has 0 saturated carbocycles. The van der Waals surface area contributed by atoms with Gasteiger partial charge in [0.25, 0.3) is 0 Å². The third-order valence-electron chi connectivity index (χ3n) is 5.57. The average Bonchev–Trinajstić information content (AvgIpc) is 2.82. The Morgan fingerprint density at radius 2 is 2.03 bits per heavy atom. The normalized spacial score (nSPS) is 20.4. The Labute approximate surface area is 207 Å². The van der Waals surface area contributed by atoms with Crippen molar-refractivity contribution in [2.24, 2.45) is 5.92 Å². The number of carbonyl (C=O) groups is 1. The van der Waals surface area contributed by atoms with Crippen molar-refractivity contribution in [3.05, 3.63) is 78.0 Å².